The molecule has 85 heavy (non-hydrogen) atoms. The Morgan fingerprint density at radius 3 is 1.21 bits per heavy atom. The number of allylic oxidation sites excluding steroid dienone is 1. The Bertz CT molecular complexity index is 2330. The lowest BCUT2D eigenvalue weighted by atomic mass is 9.93. The van der Waals surface area contributed by atoms with Gasteiger partial charge in [0.25, 0.3) is 0 Å². The zero-order valence-corrected chi connectivity index (χ0v) is 56.1. The van der Waals surface area contributed by atoms with Gasteiger partial charge in [-0.15, -0.1) is 0 Å². The van der Waals surface area contributed by atoms with Crippen molar-refractivity contribution in [2.24, 2.45) is 41.4 Å². The van der Waals surface area contributed by atoms with Crippen LogP contribution < -0.4 is 21.3 Å². The molecular formula is C62H111N11O12. The Labute approximate surface area is 508 Å². The van der Waals surface area contributed by atoms with Gasteiger partial charge in [0.15, 0.2) is 0 Å². The molecule has 1 aliphatic rings. The van der Waals surface area contributed by atoms with Crippen LogP contribution in [0.4, 0.5) is 0 Å². The first-order valence-electron chi connectivity index (χ1n) is 30.6. The zero-order valence-electron chi connectivity index (χ0n) is 56.1. The van der Waals surface area contributed by atoms with E-state index in [2.05, 4.69) is 21.3 Å². The van der Waals surface area contributed by atoms with Crippen LogP contribution in [0.15, 0.2) is 12.2 Å². The molecule has 0 bridgehead atoms. The number of nitrogens with one attached hydrogen (secondary N) is 4. The van der Waals surface area contributed by atoms with E-state index < -0.39 is 150 Å². The molecule has 23 heteroatoms. The molecule has 486 valence electrons. The van der Waals surface area contributed by atoms with E-state index in [9.17, 15) is 48.3 Å². The van der Waals surface area contributed by atoms with E-state index in [0.29, 0.717) is 0 Å². The summed E-state index contributed by atoms with van der Waals surface area (Å²) in [6.07, 6.45) is 2.55. The molecule has 0 unspecified atom stereocenters. The van der Waals surface area contributed by atoms with E-state index in [0.717, 1.165) is 9.80 Å². The number of aliphatic hydroxyl groups is 1. The van der Waals surface area contributed by atoms with Gasteiger partial charge in [0.05, 0.1) is 12.6 Å². The van der Waals surface area contributed by atoms with E-state index >= 15 is 9.59 Å². The first-order chi connectivity index (χ1) is 39.2. The van der Waals surface area contributed by atoms with Crippen LogP contribution in [0, 0.1) is 41.4 Å². The molecule has 0 radical (unpaired) electrons. The third-order valence-corrected chi connectivity index (χ3v) is 15.9. The summed E-state index contributed by atoms with van der Waals surface area (Å²) in [7, 11) is 9.93. The molecule has 0 spiro atoms. The molecule has 1 aliphatic heterocycles. The monoisotopic (exact) mass is 1200 g/mol. The van der Waals surface area contributed by atoms with Gasteiger partial charge in [0.1, 0.15) is 60.4 Å². The first-order valence-corrected chi connectivity index (χ1v) is 30.6. The summed E-state index contributed by atoms with van der Waals surface area (Å²) in [6, 6.07) is -12.3. The van der Waals surface area contributed by atoms with Crippen molar-refractivity contribution >= 4 is 65.0 Å². The van der Waals surface area contributed by atoms with E-state index in [1.807, 2.05) is 69.2 Å². The molecule has 11 amide bonds. The highest BCUT2D eigenvalue weighted by Crippen LogP contribution is 2.25. The van der Waals surface area contributed by atoms with Gasteiger partial charge in [0.2, 0.25) is 65.0 Å². The molecule has 1 rings (SSSR count). The average molecular weight is 1200 g/mol. The molecule has 5 N–H and O–H groups in total. The summed E-state index contributed by atoms with van der Waals surface area (Å²) in [5.74, 6) is -9.41. The van der Waals surface area contributed by atoms with Crippen LogP contribution in [-0.2, 0) is 52.7 Å². The molecule has 12 atom stereocenters. The number of carbonyl (C=O) groups is 11. The van der Waals surface area contributed by atoms with Crippen LogP contribution >= 0.6 is 0 Å². The molecule has 0 aromatic carbocycles. The first kappa shape index (κ1) is 76.9. The molecule has 0 aromatic rings. The maximum Gasteiger partial charge on any atom is 0.246 e. The van der Waals surface area contributed by atoms with Gasteiger partial charge in [0, 0.05) is 55.3 Å². The minimum Gasteiger partial charge on any atom is -0.390 e. The quantitative estimate of drug-likeness (QED) is 0.148. The van der Waals surface area contributed by atoms with Crippen molar-refractivity contribution in [3.05, 3.63) is 12.2 Å². The van der Waals surface area contributed by atoms with Crippen LogP contribution in [-0.4, -0.2) is 227 Å². The number of likely N-dealkylation sites (N-methyl/N-ethyl adjacent to an activating group) is 7. The smallest absolute Gasteiger partial charge is 0.246 e. The van der Waals surface area contributed by atoms with Gasteiger partial charge < -0.3 is 60.7 Å². The van der Waals surface area contributed by atoms with Gasteiger partial charge in [-0.05, 0) is 94.8 Å². The number of rotatable bonds is 15. The minimum absolute atomic E-state index is 0.0205. The van der Waals surface area contributed by atoms with Gasteiger partial charge in [-0.25, -0.2) is 0 Å². The van der Waals surface area contributed by atoms with Crippen molar-refractivity contribution in [1.29, 1.82) is 0 Å². The number of carbonyl (C=O) groups excluding carboxylic acids is 11. The summed E-state index contributed by atoms with van der Waals surface area (Å²) in [5.41, 5.74) is 0. The van der Waals surface area contributed by atoms with Gasteiger partial charge >= 0.3 is 0 Å². The fourth-order valence-electron chi connectivity index (χ4n) is 10.6. The van der Waals surface area contributed by atoms with Crippen molar-refractivity contribution in [2.75, 3.05) is 55.9 Å². The fraction of sp³-hybridized carbons (Fsp3) is 0.790. The highest BCUT2D eigenvalue weighted by atomic mass is 16.3. The molecule has 1 fully saturated rings. The highest BCUT2D eigenvalue weighted by molar-refractivity contribution is 5.99. The van der Waals surface area contributed by atoms with Crippen LogP contribution in [0.5, 0.6) is 0 Å². The summed E-state index contributed by atoms with van der Waals surface area (Å²) in [5, 5.41) is 23.0. The summed E-state index contributed by atoms with van der Waals surface area (Å²) in [6.45, 7) is 29.5. The standard InChI is InChI=1S/C62H111N11O12/c1-25-27-40(15)52(75)51-56(79)65-43(26-2)58(81)67(18)33-49(74)68(19)44(28-34(3)4)55(78)66-50(39(13)14)62(85)69(20)45(29-35(5)6)54(77)63-41(16)53(76)64-42(17)57(80)70(21)46(30-36(7)8)59(82)71(22)47(31-37(9)10)60(83)72(23)48(32-38(11)12)61(84)73(51)24/h25,27,34-48,50-52,75H,26,28-33H2,1-24H3,(H,63,77)(H,64,76)(H,65,79)(H,66,78)/b27-25+/t40-,41+,42-,43+,44+,45+,46+,47+,48+,50+,51+,52-/m1/s1. The SMILES string of the molecule is C/C=C/[C@@H](C)[C@@H](O)[C@H]1C(=O)N[C@@H](CC)C(=O)N(C)CC(=O)N(C)[C@@H](CC(C)C)C(=O)N[C@@H](C(C)C)C(=O)N(C)[C@@H](CC(C)C)C(=O)N[C@@H](C)C(=O)N[C@H](C)C(=O)N(C)[C@@H](CC(C)C)C(=O)N(C)[C@@H](CC(C)C)C(=O)N(C)[C@@H](CC(C)C)C(=O)N1C. The van der Waals surface area contributed by atoms with E-state index in [-0.39, 0.29) is 68.1 Å². The Balaban J connectivity index is 4.33. The number of hydrogen-bond donors (Lipinski definition) is 5. The second-order valence-electron chi connectivity index (χ2n) is 26.2. The second kappa shape index (κ2) is 34.9. The van der Waals surface area contributed by atoms with Crippen molar-refractivity contribution in [2.45, 2.75) is 223 Å². The molecule has 0 aromatic heterocycles. The predicted octanol–water partition coefficient (Wildman–Crippen LogP) is 3.27. The van der Waals surface area contributed by atoms with Crippen molar-refractivity contribution in [3.63, 3.8) is 0 Å². The predicted molar refractivity (Wildman–Crippen MR) is 328 cm³/mol. The molecule has 0 saturated carbocycles. The highest BCUT2D eigenvalue weighted by Gasteiger charge is 2.45. The summed E-state index contributed by atoms with van der Waals surface area (Å²) >= 11 is 0. The normalized spacial score (nSPS) is 26.9. The third-order valence-electron chi connectivity index (χ3n) is 15.9. The number of amides is 11. The summed E-state index contributed by atoms with van der Waals surface area (Å²) in [4.78, 5) is 169. The van der Waals surface area contributed by atoms with Gasteiger partial charge in [-0.2, -0.15) is 0 Å². The Morgan fingerprint density at radius 2 is 0.812 bits per heavy atom. The lowest BCUT2D eigenvalue weighted by Gasteiger charge is -2.41. The third kappa shape index (κ3) is 22.0. The van der Waals surface area contributed by atoms with Crippen LogP contribution in [0.2, 0.25) is 0 Å². The molecule has 1 saturated heterocycles. The Kier molecular flexibility index (Phi) is 31.5. The largest absolute Gasteiger partial charge is 0.390 e. The second-order valence-corrected chi connectivity index (χ2v) is 26.2. The number of aliphatic hydroxyl groups excluding tert-OH is 1. The van der Waals surface area contributed by atoms with E-state index in [4.69, 9.17) is 0 Å². The van der Waals surface area contributed by atoms with Gasteiger partial charge in [-0.3, -0.25) is 52.7 Å². The van der Waals surface area contributed by atoms with Crippen LogP contribution in [0.1, 0.15) is 156 Å². The molecule has 23 nitrogen and oxygen atoms in total. The van der Waals surface area contributed by atoms with Crippen LogP contribution in [0.25, 0.3) is 0 Å². The van der Waals surface area contributed by atoms with Crippen LogP contribution in [0.3, 0.4) is 0 Å². The topological polar surface area (TPSA) is 279 Å². The Hall–Kier alpha value is -6.13. The molecule has 1 heterocycles. The lowest BCUT2D eigenvalue weighted by Crippen LogP contribution is -2.63. The van der Waals surface area contributed by atoms with Crippen molar-refractivity contribution < 1.29 is 57.8 Å². The van der Waals surface area contributed by atoms with Gasteiger partial charge in [-0.1, -0.05) is 109 Å². The van der Waals surface area contributed by atoms with E-state index in [1.54, 1.807) is 46.8 Å². The van der Waals surface area contributed by atoms with Crippen molar-refractivity contribution in [1.82, 2.24) is 55.6 Å². The minimum atomic E-state index is -1.62. The maximum atomic E-state index is 15.2. The zero-order chi connectivity index (χ0) is 66.0. The lowest BCUT2D eigenvalue weighted by molar-refractivity contribution is -0.156. The number of hydrogen-bond acceptors (Lipinski definition) is 12. The van der Waals surface area contributed by atoms with Crippen molar-refractivity contribution in [3.8, 4) is 0 Å². The maximum absolute atomic E-state index is 15.2. The molecular weight excluding hydrogens is 1090 g/mol. The Morgan fingerprint density at radius 1 is 0.447 bits per heavy atom. The fourth-order valence-corrected chi connectivity index (χ4v) is 10.6. The summed E-state index contributed by atoms with van der Waals surface area (Å²) < 4.78 is 0. The molecule has 0 aliphatic carbocycles. The average Bonchev–Trinajstić information content (AvgIpc) is 3.55. The van der Waals surface area contributed by atoms with E-state index in [1.165, 1.54) is 87.7 Å². The number of nitrogens with zero attached hydrogens (tertiary/aromatic N) is 7.